The molecule has 0 saturated heterocycles. The quantitative estimate of drug-likeness (QED) is 0.823. The molecule has 0 aliphatic heterocycles. The lowest BCUT2D eigenvalue weighted by atomic mass is 9.78. The van der Waals surface area contributed by atoms with Crippen LogP contribution in [0.5, 0.6) is 0 Å². The molecule has 0 spiro atoms. The Kier molecular flexibility index (Phi) is 2.62. The minimum atomic E-state index is -0.0114. The Morgan fingerprint density at radius 1 is 1.12 bits per heavy atom. The summed E-state index contributed by atoms with van der Waals surface area (Å²) in [6.45, 7) is 9.12. The van der Waals surface area contributed by atoms with Crippen molar-refractivity contribution in [1.82, 2.24) is 0 Å². The van der Waals surface area contributed by atoms with E-state index in [-0.39, 0.29) is 11.0 Å². The van der Waals surface area contributed by atoms with Gasteiger partial charge in [-0.3, -0.25) is 0 Å². The van der Waals surface area contributed by atoms with Crippen molar-refractivity contribution in [1.29, 1.82) is 0 Å². The van der Waals surface area contributed by atoms with Crippen molar-refractivity contribution in [3.8, 4) is 0 Å². The van der Waals surface area contributed by atoms with Crippen molar-refractivity contribution in [2.24, 2.45) is 17.1 Å². The Labute approximate surface area is 99.0 Å². The summed E-state index contributed by atoms with van der Waals surface area (Å²) in [5.74, 6) is 1.07. The molecule has 2 unspecified atom stereocenters. The lowest BCUT2D eigenvalue weighted by molar-refractivity contribution is 0.344. The number of benzene rings is 1. The van der Waals surface area contributed by atoms with Gasteiger partial charge in [-0.2, -0.15) is 0 Å². The molecule has 2 rings (SSSR count). The van der Waals surface area contributed by atoms with Gasteiger partial charge in [0.1, 0.15) is 0 Å². The van der Waals surface area contributed by atoms with E-state index in [2.05, 4.69) is 58.0 Å². The van der Waals surface area contributed by atoms with Gasteiger partial charge in [-0.05, 0) is 23.3 Å². The molecule has 1 fully saturated rings. The minimum Gasteiger partial charge on any atom is -0.324 e. The molecule has 88 valence electrons. The van der Waals surface area contributed by atoms with Crippen LogP contribution in [-0.4, -0.2) is 5.54 Å². The highest BCUT2D eigenvalue weighted by molar-refractivity contribution is 5.32. The lowest BCUT2D eigenvalue weighted by Gasteiger charge is -2.31. The SMILES string of the molecule is CC(C)C(c1ccccc1)C1(N)CC1(C)C. The van der Waals surface area contributed by atoms with Crippen LogP contribution in [0.2, 0.25) is 0 Å². The van der Waals surface area contributed by atoms with Gasteiger partial charge in [-0.25, -0.2) is 0 Å². The van der Waals surface area contributed by atoms with E-state index < -0.39 is 0 Å². The number of hydrogen-bond donors (Lipinski definition) is 1. The third kappa shape index (κ3) is 1.67. The summed E-state index contributed by atoms with van der Waals surface area (Å²) in [7, 11) is 0. The number of nitrogens with two attached hydrogens (primary N) is 1. The van der Waals surface area contributed by atoms with E-state index in [1.807, 2.05) is 0 Å². The Hall–Kier alpha value is -0.820. The molecular weight excluding hydrogens is 194 g/mol. The van der Waals surface area contributed by atoms with Gasteiger partial charge in [0.15, 0.2) is 0 Å². The van der Waals surface area contributed by atoms with Gasteiger partial charge in [0, 0.05) is 11.5 Å². The van der Waals surface area contributed by atoms with Gasteiger partial charge < -0.3 is 5.73 Å². The molecule has 16 heavy (non-hydrogen) atoms. The molecule has 0 aromatic heterocycles. The summed E-state index contributed by atoms with van der Waals surface area (Å²) < 4.78 is 0. The molecule has 1 heteroatoms. The van der Waals surface area contributed by atoms with Crippen LogP contribution in [0.4, 0.5) is 0 Å². The zero-order valence-electron chi connectivity index (χ0n) is 10.8. The standard InChI is InChI=1S/C15H23N/c1-11(2)13(12-8-6-5-7-9-12)15(16)10-14(15,3)4/h5-9,11,13H,10,16H2,1-4H3. The van der Waals surface area contributed by atoms with Crippen LogP contribution in [0, 0.1) is 11.3 Å². The second-order valence-electron chi connectivity index (χ2n) is 6.23. The number of rotatable bonds is 3. The van der Waals surface area contributed by atoms with E-state index in [1.54, 1.807) is 0 Å². The van der Waals surface area contributed by atoms with Gasteiger partial charge in [-0.1, -0.05) is 58.0 Å². The third-order valence-corrected chi connectivity index (χ3v) is 4.25. The summed E-state index contributed by atoms with van der Waals surface area (Å²) >= 11 is 0. The summed E-state index contributed by atoms with van der Waals surface area (Å²) in [6.07, 6.45) is 1.14. The molecule has 2 atom stereocenters. The molecule has 2 N–H and O–H groups in total. The van der Waals surface area contributed by atoms with E-state index >= 15 is 0 Å². The maximum atomic E-state index is 6.60. The maximum absolute atomic E-state index is 6.60. The molecule has 0 radical (unpaired) electrons. The zero-order valence-corrected chi connectivity index (χ0v) is 10.8. The Morgan fingerprint density at radius 2 is 1.62 bits per heavy atom. The number of hydrogen-bond acceptors (Lipinski definition) is 1. The summed E-state index contributed by atoms with van der Waals surface area (Å²) in [5, 5.41) is 0. The average molecular weight is 217 g/mol. The van der Waals surface area contributed by atoms with Crippen LogP contribution in [0.25, 0.3) is 0 Å². The van der Waals surface area contributed by atoms with Crippen molar-refractivity contribution in [3.63, 3.8) is 0 Å². The maximum Gasteiger partial charge on any atom is 0.0284 e. The highest BCUT2D eigenvalue weighted by atomic mass is 14.9. The van der Waals surface area contributed by atoms with Crippen LogP contribution >= 0.6 is 0 Å². The Balaban J connectivity index is 2.34. The van der Waals surface area contributed by atoms with Gasteiger partial charge in [-0.15, -0.1) is 0 Å². The monoisotopic (exact) mass is 217 g/mol. The third-order valence-electron chi connectivity index (χ3n) is 4.25. The fraction of sp³-hybridized carbons (Fsp3) is 0.600. The highest BCUT2D eigenvalue weighted by Gasteiger charge is 2.63. The minimum absolute atomic E-state index is 0.0114. The molecule has 0 amide bonds. The summed E-state index contributed by atoms with van der Waals surface area (Å²) in [5.41, 5.74) is 8.27. The molecular formula is C15H23N. The first kappa shape index (κ1) is 11.7. The smallest absolute Gasteiger partial charge is 0.0284 e. The van der Waals surface area contributed by atoms with E-state index in [9.17, 15) is 0 Å². The first-order valence-corrected chi connectivity index (χ1v) is 6.22. The molecule has 1 aromatic carbocycles. The second kappa shape index (κ2) is 3.59. The lowest BCUT2D eigenvalue weighted by Crippen LogP contribution is -2.38. The molecule has 1 aliphatic rings. The fourth-order valence-electron chi connectivity index (χ4n) is 3.16. The van der Waals surface area contributed by atoms with Crippen LogP contribution in [0.3, 0.4) is 0 Å². The van der Waals surface area contributed by atoms with Gasteiger partial charge >= 0.3 is 0 Å². The van der Waals surface area contributed by atoms with Crippen LogP contribution in [0.15, 0.2) is 30.3 Å². The average Bonchev–Trinajstić information content (AvgIpc) is 2.66. The van der Waals surface area contributed by atoms with E-state index in [1.165, 1.54) is 5.56 Å². The van der Waals surface area contributed by atoms with Crippen LogP contribution in [-0.2, 0) is 0 Å². The van der Waals surface area contributed by atoms with Crippen molar-refractivity contribution >= 4 is 0 Å². The van der Waals surface area contributed by atoms with Crippen LogP contribution < -0.4 is 5.73 Å². The van der Waals surface area contributed by atoms with Crippen molar-refractivity contribution in [3.05, 3.63) is 35.9 Å². The molecule has 1 nitrogen and oxygen atoms in total. The normalized spacial score (nSPS) is 29.1. The topological polar surface area (TPSA) is 26.0 Å². The Morgan fingerprint density at radius 3 is 2.00 bits per heavy atom. The summed E-state index contributed by atoms with van der Waals surface area (Å²) in [6, 6.07) is 10.7. The van der Waals surface area contributed by atoms with Crippen molar-refractivity contribution < 1.29 is 0 Å². The molecule has 0 heterocycles. The Bertz CT molecular complexity index is 366. The molecule has 1 aromatic rings. The predicted molar refractivity (Wildman–Crippen MR) is 69.3 cm³/mol. The summed E-state index contributed by atoms with van der Waals surface area (Å²) in [4.78, 5) is 0. The zero-order chi connectivity index (χ0) is 12.0. The molecule has 0 bridgehead atoms. The highest BCUT2D eigenvalue weighted by Crippen LogP contribution is 2.62. The molecule has 1 aliphatic carbocycles. The van der Waals surface area contributed by atoms with Gasteiger partial charge in [0.05, 0.1) is 0 Å². The first-order valence-electron chi connectivity index (χ1n) is 6.22. The largest absolute Gasteiger partial charge is 0.324 e. The molecule has 1 saturated carbocycles. The van der Waals surface area contributed by atoms with E-state index in [0.717, 1.165) is 6.42 Å². The second-order valence-corrected chi connectivity index (χ2v) is 6.23. The van der Waals surface area contributed by atoms with Gasteiger partial charge in [0.25, 0.3) is 0 Å². The first-order chi connectivity index (χ1) is 7.38. The van der Waals surface area contributed by atoms with E-state index in [0.29, 0.717) is 11.8 Å². The van der Waals surface area contributed by atoms with Crippen LogP contribution in [0.1, 0.15) is 45.6 Å². The van der Waals surface area contributed by atoms with Gasteiger partial charge in [0.2, 0.25) is 0 Å². The fourth-order valence-corrected chi connectivity index (χ4v) is 3.16. The van der Waals surface area contributed by atoms with E-state index in [4.69, 9.17) is 5.73 Å². The van der Waals surface area contributed by atoms with Crippen molar-refractivity contribution in [2.45, 2.75) is 45.6 Å². The predicted octanol–water partition coefficient (Wildman–Crippen LogP) is 3.55. The van der Waals surface area contributed by atoms with Crippen molar-refractivity contribution in [2.75, 3.05) is 0 Å².